The van der Waals surface area contributed by atoms with Crippen molar-refractivity contribution in [3.8, 4) is 5.75 Å². The summed E-state index contributed by atoms with van der Waals surface area (Å²) in [6, 6.07) is 11.7. The van der Waals surface area contributed by atoms with Gasteiger partial charge < -0.3 is 9.64 Å². The van der Waals surface area contributed by atoms with Crippen LogP contribution < -0.4 is 9.64 Å². The van der Waals surface area contributed by atoms with Crippen LogP contribution in [0.2, 0.25) is 0 Å². The lowest BCUT2D eigenvalue weighted by Gasteiger charge is -2.16. The zero-order chi connectivity index (χ0) is 22.1. The normalized spacial score (nSPS) is 13.3. The largest absolute Gasteiger partial charge is 0.487 e. The number of rotatable bonds is 7. The molecule has 0 saturated carbocycles. The molecule has 1 aromatic heterocycles. The van der Waals surface area contributed by atoms with Gasteiger partial charge in [0.1, 0.15) is 18.1 Å². The van der Waals surface area contributed by atoms with Crippen molar-refractivity contribution in [3.63, 3.8) is 0 Å². The van der Waals surface area contributed by atoms with Crippen molar-refractivity contribution in [2.75, 3.05) is 11.4 Å². The van der Waals surface area contributed by atoms with Crippen molar-refractivity contribution in [3.05, 3.63) is 68.5 Å². The lowest BCUT2D eigenvalue weighted by Crippen LogP contribution is -2.32. The molecule has 31 heavy (non-hydrogen) atoms. The second kappa shape index (κ2) is 8.78. The molecular weight excluding hydrogens is 507 g/mol. The van der Waals surface area contributed by atoms with Gasteiger partial charge >= 0.3 is 0 Å². The molecule has 1 aliphatic heterocycles. The number of halogens is 1. The van der Waals surface area contributed by atoms with Crippen molar-refractivity contribution < 1.29 is 14.3 Å². The molecule has 160 valence electrons. The summed E-state index contributed by atoms with van der Waals surface area (Å²) in [7, 11) is 0. The second-order valence-electron chi connectivity index (χ2n) is 7.90. The van der Waals surface area contributed by atoms with Crippen LogP contribution in [0.25, 0.3) is 0 Å². The summed E-state index contributed by atoms with van der Waals surface area (Å²) in [6.45, 7) is 7.40. The van der Waals surface area contributed by atoms with Gasteiger partial charge in [-0.2, -0.15) is 0 Å². The zero-order valence-corrected chi connectivity index (χ0v) is 19.8. The molecule has 2 aromatic carbocycles. The van der Waals surface area contributed by atoms with Crippen LogP contribution in [0.5, 0.6) is 5.75 Å². The van der Waals surface area contributed by atoms with Crippen LogP contribution in [0, 0.1) is 10.5 Å². The highest BCUT2D eigenvalue weighted by molar-refractivity contribution is 14.1. The number of carbonyl (C=O) groups is 2. The van der Waals surface area contributed by atoms with Gasteiger partial charge in [-0.15, -0.1) is 5.10 Å². The summed E-state index contributed by atoms with van der Waals surface area (Å²) in [6.07, 6.45) is 1.81. The fourth-order valence-corrected chi connectivity index (χ4v) is 4.10. The van der Waals surface area contributed by atoms with E-state index in [0.717, 1.165) is 20.4 Å². The molecule has 0 unspecified atom stereocenters. The minimum atomic E-state index is -0.499. The number of carbonyl (C=O) groups excluding carboxylic acids is 2. The molecule has 0 radical (unpaired) electrons. The average Bonchev–Trinajstić information content (AvgIpc) is 3.28. The van der Waals surface area contributed by atoms with Crippen LogP contribution in [-0.2, 0) is 17.9 Å². The number of aryl methyl sites for hydroxylation is 1. The van der Waals surface area contributed by atoms with Gasteiger partial charge in [0.2, 0.25) is 0 Å². The van der Waals surface area contributed by atoms with Gasteiger partial charge in [0.15, 0.2) is 0 Å². The first-order valence-electron chi connectivity index (χ1n) is 10.1. The van der Waals surface area contributed by atoms with Crippen molar-refractivity contribution >= 4 is 40.0 Å². The third-order valence-corrected chi connectivity index (χ3v) is 5.91. The number of benzene rings is 2. The van der Waals surface area contributed by atoms with Gasteiger partial charge in [-0.3, -0.25) is 14.3 Å². The molecule has 0 bridgehead atoms. The lowest BCUT2D eigenvalue weighted by atomic mass is 10.0. The number of nitrogens with zero attached hydrogens (tertiary/aromatic N) is 4. The number of amides is 1. The summed E-state index contributed by atoms with van der Waals surface area (Å²) >= 11 is 2.13. The highest BCUT2D eigenvalue weighted by atomic mass is 127. The summed E-state index contributed by atoms with van der Waals surface area (Å²) in [5, 5.41) is 8.32. The van der Waals surface area contributed by atoms with Crippen LogP contribution in [0.4, 0.5) is 5.69 Å². The SMILES string of the molecule is Cc1ccc(C(C)C)c(OCc2cn(CCN3C(=O)C(=O)c4cc(I)ccc43)nn2)c1. The maximum absolute atomic E-state index is 12.4. The standard InChI is InChI=1S/C23H23IN4O3/c1-14(2)18-6-4-15(3)10-21(18)31-13-17-12-27(26-25-17)8-9-28-20-7-5-16(24)11-19(20)22(29)23(28)30/h4-7,10-12,14H,8-9,13H2,1-3H3. The number of ether oxygens (including phenoxy) is 1. The Morgan fingerprint density at radius 3 is 2.68 bits per heavy atom. The van der Waals surface area contributed by atoms with Gasteiger partial charge in [0, 0.05) is 10.1 Å². The summed E-state index contributed by atoms with van der Waals surface area (Å²) < 4.78 is 8.61. The lowest BCUT2D eigenvalue weighted by molar-refractivity contribution is -0.114. The van der Waals surface area contributed by atoms with Gasteiger partial charge in [-0.1, -0.05) is 31.2 Å². The van der Waals surface area contributed by atoms with E-state index in [4.69, 9.17) is 4.74 Å². The van der Waals surface area contributed by atoms with E-state index in [-0.39, 0.29) is 0 Å². The molecule has 0 N–H and O–H groups in total. The molecule has 2 heterocycles. The van der Waals surface area contributed by atoms with Crippen LogP contribution >= 0.6 is 22.6 Å². The van der Waals surface area contributed by atoms with E-state index in [2.05, 4.69) is 58.9 Å². The number of ketones is 1. The van der Waals surface area contributed by atoms with E-state index < -0.39 is 11.7 Å². The Kier molecular flexibility index (Phi) is 6.08. The van der Waals surface area contributed by atoms with Crippen LogP contribution in [0.3, 0.4) is 0 Å². The molecule has 0 spiro atoms. The van der Waals surface area contributed by atoms with Crippen LogP contribution in [0.15, 0.2) is 42.6 Å². The molecule has 8 heteroatoms. The summed E-state index contributed by atoms with van der Waals surface area (Å²) in [5.74, 6) is 0.261. The molecule has 4 rings (SSSR count). The molecule has 3 aromatic rings. The van der Waals surface area contributed by atoms with Crippen molar-refractivity contribution in [2.45, 2.75) is 39.8 Å². The molecule has 7 nitrogen and oxygen atoms in total. The van der Waals surface area contributed by atoms with E-state index in [1.54, 1.807) is 10.7 Å². The smallest absolute Gasteiger partial charge is 0.299 e. The van der Waals surface area contributed by atoms with E-state index in [0.29, 0.717) is 42.6 Å². The van der Waals surface area contributed by atoms with E-state index in [9.17, 15) is 9.59 Å². The Morgan fingerprint density at radius 2 is 1.90 bits per heavy atom. The predicted octanol–water partition coefficient (Wildman–Crippen LogP) is 4.12. The van der Waals surface area contributed by atoms with E-state index >= 15 is 0 Å². The number of fused-ring (bicyclic) bond motifs is 1. The topological polar surface area (TPSA) is 77.3 Å². The highest BCUT2D eigenvalue weighted by Crippen LogP contribution is 2.30. The van der Waals surface area contributed by atoms with Crippen LogP contribution in [-0.4, -0.2) is 33.2 Å². The predicted molar refractivity (Wildman–Crippen MR) is 125 cm³/mol. The number of hydrogen-bond acceptors (Lipinski definition) is 5. The number of anilines is 1. The van der Waals surface area contributed by atoms with E-state index in [1.165, 1.54) is 4.90 Å². The average molecular weight is 530 g/mol. The summed E-state index contributed by atoms with van der Waals surface area (Å²) in [4.78, 5) is 26.1. The maximum Gasteiger partial charge on any atom is 0.299 e. The Hall–Kier alpha value is -2.75. The van der Waals surface area contributed by atoms with Gasteiger partial charge in [-0.25, -0.2) is 0 Å². The first-order valence-corrected chi connectivity index (χ1v) is 11.2. The Bertz CT molecular complexity index is 1160. The third-order valence-electron chi connectivity index (χ3n) is 5.24. The van der Waals surface area contributed by atoms with Crippen molar-refractivity contribution in [1.29, 1.82) is 0 Å². The Morgan fingerprint density at radius 1 is 1.10 bits per heavy atom. The first kappa shape index (κ1) is 21.5. The highest BCUT2D eigenvalue weighted by Gasteiger charge is 2.35. The fraction of sp³-hybridized carbons (Fsp3) is 0.304. The number of hydrogen-bond donors (Lipinski definition) is 0. The number of aromatic nitrogens is 3. The second-order valence-corrected chi connectivity index (χ2v) is 9.15. The molecule has 0 fully saturated rings. The minimum Gasteiger partial charge on any atom is -0.487 e. The van der Waals surface area contributed by atoms with Crippen LogP contribution in [0.1, 0.15) is 46.9 Å². The fourth-order valence-electron chi connectivity index (χ4n) is 3.61. The Balaban J connectivity index is 1.40. The first-order chi connectivity index (χ1) is 14.8. The minimum absolute atomic E-state index is 0.311. The maximum atomic E-state index is 12.4. The van der Waals surface area contributed by atoms with Gasteiger partial charge in [0.05, 0.1) is 24.0 Å². The van der Waals surface area contributed by atoms with Gasteiger partial charge in [0.25, 0.3) is 11.7 Å². The Labute approximate surface area is 194 Å². The molecule has 1 amide bonds. The number of Topliss-reactive ketones (excluding diaryl/α,β-unsaturated/α-hetero) is 1. The molecule has 0 atom stereocenters. The molecule has 0 saturated heterocycles. The van der Waals surface area contributed by atoms with Gasteiger partial charge in [-0.05, 0) is 70.8 Å². The molecule has 0 aliphatic carbocycles. The zero-order valence-electron chi connectivity index (χ0n) is 17.6. The quantitative estimate of drug-likeness (QED) is 0.339. The summed E-state index contributed by atoms with van der Waals surface area (Å²) in [5.41, 5.74) is 4.12. The monoisotopic (exact) mass is 530 g/mol. The van der Waals surface area contributed by atoms with Crippen molar-refractivity contribution in [1.82, 2.24) is 15.0 Å². The molecule has 1 aliphatic rings. The van der Waals surface area contributed by atoms with E-state index in [1.807, 2.05) is 31.3 Å². The van der Waals surface area contributed by atoms with Crippen molar-refractivity contribution in [2.24, 2.45) is 0 Å². The third kappa shape index (κ3) is 4.48. The molecular formula is C23H23IN4O3.